The molecule has 0 N–H and O–H groups in total. The zero-order chi connectivity index (χ0) is 17.0. The third-order valence-electron chi connectivity index (χ3n) is 4.94. The van der Waals surface area contributed by atoms with Crippen LogP contribution in [0.15, 0.2) is 45.6 Å². The highest BCUT2D eigenvalue weighted by Crippen LogP contribution is 2.28. The van der Waals surface area contributed by atoms with Crippen LogP contribution in [0.2, 0.25) is 12.1 Å². The quantitative estimate of drug-likeness (QED) is 0.714. The molecule has 8 heteroatoms. The van der Waals surface area contributed by atoms with Gasteiger partial charge in [-0.3, -0.25) is 4.90 Å². The number of fused-ring (bicyclic) bond motifs is 6. The Kier molecular flexibility index (Phi) is 5.54. The molecule has 0 unspecified atom stereocenters. The third-order valence-corrected chi connectivity index (χ3v) is 10.7. The maximum absolute atomic E-state index is 6.13. The highest BCUT2D eigenvalue weighted by Gasteiger charge is 2.43. The van der Waals surface area contributed by atoms with Gasteiger partial charge in [0.1, 0.15) is 11.5 Å². The van der Waals surface area contributed by atoms with Gasteiger partial charge in [-0.1, -0.05) is 6.04 Å². The van der Waals surface area contributed by atoms with Gasteiger partial charge in [-0.15, -0.1) is 0 Å². The van der Waals surface area contributed by atoms with E-state index >= 15 is 0 Å². The number of hydrogen-bond donors (Lipinski definition) is 0. The Balaban J connectivity index is 1.41. The molecule has 0 radical (unpaired) electrons. The molecule has 3 aliphatic heterocycles. The second-order valence-electron chi connectivity index (χ2n) is 6.55. The zero-order valence-corrected chi connectivity index (χ0v) is 16.8. The first-order valence-electron chi connectivity index (χ1n) is 9.06. The molecule has 2 bridgehead atoms. The van der Waals surface area contributed by atoms with E-state index in [2.05, 4.69) is 4.90 Å². The Morgan fingerprint density at radius 2 is 1.48 bits per heavy atom. The fourth-order valence-electron chi connectivity index (χ4n) is 3.59. The summed E-state index contributed by atoms with van der Waals surface area (Å²) in [4.78, 5) is 2.34. The lowest BCUT2D eigenvalue weighted by atomic mass is 10.2. The molecule has 3 aliphatic rings. The monoisotopic (exact) mass is 379 g/mol. The SMILES string of the molecule is c1coc(C([SiH2]CC[Si]23OCCN(CCO2)CCO3)c2ccco2)c1. The Labute approximate surface area is 151 Å². The van der Waals surface area contributed by atoms with Gasteiger partial charge in [0.2, 0.25) is 0 Å². The highest BCUT2D eigenvalue weighted by molar-refractivity contribution is 6.62. The molecule has 5 rings (SSSR count). The van der Waals surface area contributed by atoms with Crippen molar-refractivity contribution in [3.63, 3.8) is 0 Å². The molecule has 0 aliphatic carbocycles. The molecule has 0 spiro atoms. The molecule has 0 amide bonds. The lowest BCUT2D eigenvalue weighted by Crippen LogP contribution is -2.55. The summed E-state index contributed by atoms with van der Waals surface area (Å²) in [5.41, 5.74) is 0.257. The highest BCUT2D eigenvalue weighted by atomic mass is 28.4. The fraction of sp³-hybridized carbons (Fsp3) is 0.529. The maximum Gasteiger partial charge on any atom is 0.500 e. The van der Waals surface area contributed by atoms with Crippen molar-refractivity contribution < 1.29 is 22.1 Å². The molecule has 136 valence electrons. The Bertz CT molecular complexity index is 573. The Morgan fingerprint density at radius 3 is 1.96 bits per heavy atom. The van der Waals surface area contributed by atoms with Gasteiger partial charge in [0.25, 0.3) is 0 Å². The molecule has 25 heavy (non-hydrogen) atoms. The lowest BCUT2D eigenvalue weighted by molar-refractivity contribution is -0.00749. The summed E-state index contributed by atoms with van der Waals surface area (Å²) in [7, 11) is -3.04. The maximum atomic E-state index is 6.13. The molecule has 2 aromatic heterocycles. The molecule has 0 saturated carbocycles. The first-order chi connectivity index (χ1) is 12.3. The van der Waals surface area contributed by atoms with Gasteiger partial charge >= 0.3 is 8.80 Å². The molecule has 0 aromatic carbocycles. The van der Waals surface area contributed by atoms with Gasteiger partial charge in [-0.25, -0.2) is 0 Å². The van der Waals surface area contributed by atoms with Crippen LogP contribution in [0.5, 0.6) is 0 Å². The number of nitrogens with zero attached hydrogens (tertiary/aromatic N) is 1. The summed E-state index contributed by atoms with van der Waals surface area (Å²) in [6, 6.07) is 9.95. The van der Waals surface area contributed by atoms with Crippen LogP contribution in [0.3, 0.4) is 0 Å². The van der Waals surface area contributed by atoms with Gasteiger partial charge in [-0.05, 0) is 24.3 Å². The largest absolute Gasteiger partial charge is 0.500 e. The van der Waals surface area contributed by atoms with Crippen LogP contribution in [0, 0.1) is 0 Å². The van der Waals surface area contributed by atoms with Crippen LogP contribution in [-0.2, 0) is 13.3 Å². The van der Waals surface area contributed by atoms with Gasteiger partial charge in [0.15, 0.2) is 0 Å². The standard InChI is InChI=1S/C17H25NO5Si2/c1-3-15(19-8-1)17(16-4-2-9-20-16)24-13-14-25-21-10-5-18(6-11-22-25)7-12-23-25/h1-4,8-9,17H,5-7,10-14,24H2. The summed E-state index contributed by atoms with van der Waals surface area (Å²) >= 11 is 0. The van der Waals surface area contributed by atoms with Crippen molar-refractivity contribution in [1.29, 1.82) is 0 Å². The Hall–Kier alpha value is -1.17. The van der Waals surface area contributed by atoms with Gasteiger partial charge in [0.05, 0.1) is 37.9 Å². The van der Waals surface area contributed by atoms with Crippen molar-refractivity contribution in [2.24, 2.45) is 0 Å². The van der Waals surface area contributed by atoms with Crippen LogP contribution < -0.4 is 0 Å². The fourth-order valence-corrected chi connectivity index (χ4v) is 9.47. The van der Waals surface area contributed by atoms with Crippen molar-refractivity contribution in [2.75, 3.05) is 39.5 Å². The minimum atomic E-state index is -2.52. The van der Waals surface area contributed by atoms with E-state index in [1.54, 1.807) is 12.5 Å². The summed E-state index contributed by atoms with van der Waals surface area (Å²) < 4.78 is 29.7. The van der Waals surface area contributed by atoms with E-state index in [1.807, 2.05) is 24.3 Å². The van der Waals surface area contributed by atoms with E-state index in [0.29, 0.717) is 19.8 Å². The molecule has 5 heterocycles. The summed E-state index contributed by atoms with van der Waals surface area (Å²) in [5, 5.41) is 0. The van der Waals surface area contributed by atoms with E-state index in [-0.39, 0.29) is 5.54 Å². The normalized spacial score (nSPS) is 27.6. The topological polar surface area (TPSA) is 57.2 Å². The lowest BCUT2D eigenvalue weighted by Gasteiger charge is -2.38. The van der Waals surface area contributed by atoms with Crippen molar-refractivity contribution >= 4 is 18.3 Å². The van der Waals surface area contributed by atoms with Crippen molar-refractivity contribution in [3.8, 4) is 0 Å². The van der Waals surface area contributed by atoms with Gasteiger partial charge in [-0.2, -0.15) is 0 Å². The zero-order valence-electron chi connectivity index (χ0n) is 14.4. The molecule has 3 saturated heterocycles. The van der Waals surface area contributed by atoms with Gasteiger partial charge in [0, 0.05) is 35.2 Å². The van der Waals surface area contributed by atoms with Gasteiger partial charge < -0.3 is 22.1 Å². The summed E-state index contributed by atoms with van der Waals surface area (Å²) in [5.74, 6) is 1.99. The predicted octanol–water partition coefficient (Wildman–Crippen LogP) is 1.87. The molecular formula is C17H25NO5Si2. The first-order valence-corrected chi connectivity index (χ1v) is 12.8. The van der Waals surface area contributed by atoms with E-state index < -0.39 is 18.3 Å². The molecule has 2 aromatic rings. The average Bonchev–Trinajstić information content (AvgIpc) is 3.26. The predicted molar refractivity (Wildman–Crippen MR) is 97.5 cm³/mol. The molecule has 0 atom stereocenters. The van der Waals surface area contributed by atoms with E-state index in [0.717, 1.165) is 43.2 Å². The number of furan rings is 2. The van der Waals surface area contributed by atoms with Crippen LogP contribution in [0.1, 0.15) is 17.1 Å². The Morgan fingerprint density at radius 1 is 0.920 bits per heavy atom. The second kappa shape index (κ2) is 8.02. The van der Waals surface area contributed by atoms with E-state index in [9.17, 15) is 0 Å². The second-order valence-corrected chi connectivity index (χ2v) is 11.4. The van der Waals surface area contributed by atoms with Crippen molar-refractivity contribution in [3.05, 3.63) is 48.3 Å². The van der Waals surface area contributed by atoms with Crippen LogP contribution in [0.4, 0.5) is 0 Å². The third kappa shape index (κ3) is 4.16. The van der Waals surface area contributed by atoms with E-state index in [4.69, 9.17) is 22.1 Å². The van der Waals surface area contributed by atoms with Crippen molar-refractivity contribution in [1.82, 2.24) is 4.90 Å². The number of hydrogen-bond acceptors (Lipinski definition) is 6. The van der Waals surface area contributed by atoms with Crippen LogP contribution in [0.25, 0.3) is 0 Å². The smallest absolute Gasteiger partial charge is 0.469 e. The minimum absolute atomic E-state index is 0.257. The minimum Gasteiger partial charge on any atom is -0.469 e. The van der Waals surface area contributed by atoms with E-state index in [1.165, 1.54) is 0 Å². The van der Waals surface area contributed by atoms with Crippen molar-refractivity contribution in [2.45, 2.75) is 17.6 Å². The molecule has 6 nitrogen and oxygen atoms in total. The average molecular weight is 380 g/mol. The molecular weight excluding hydrogens is 354 g/mol. The summed E-state index contributed by atoms with van der Waals surface area (Å²) in [6.45, 7) is 5.11. The summed E-state index contributed by atoms with van der Waals surface area (Å²) in [6.07, 6.45) is 3.47. The van der Waals surface area contributed by atoms with Crippen LogP contribution in [-0.4, -0.2) is 62.7 Å². The number of rotatable bonds is 6. The first kappa shape index (κ1) is 17.3. The molecule has 3 fully saturated rings. The van der Waals surface area contributed by atoms with Crippen LogP contribution >= 0.6 is 0 Å².